The lowest BCUT2D eigenvalue weighted by Gasteiger charge is -2.09. The monoisotopic (exact) mass is 310 g/mol. The van der Waals surface area contributed by atoms with E-state index in [2.05, 4.69) is 96.4 Å². The number of aromatic nitrogens is 2. The first-order valence-electron chi connectivity index (χ1n) is 8.24. The van der Waals surface area contributed by atoms with Crippen LogP contribution in [0.3, 0.4) is 0 Å². The lowest BCUT2D eigenvalue weighted by atomic mass is 9.96. The molecule has 114 valence electrons. The Bertz CT molecular complexity index is 1270. The Morgan fingerprint density at radius 2 is 1.38 bits per heavy atom. The molecule has 0 bridgehead atoms. The van der Waals surface area contributed by atoms with E-state index in [-0.39, 0.29) is 0 Å². The molecule has 0 N–H and O–H groups in total. The molecule has 0 saturated heterocycles. The number of nitrogens with zero attached hydrogens (tertiary/aromatic N) is 2. The molecular weight excluding hydrogens is 292 g/mol. The summed E-state index contributed by atoms with van der Waals surface area (Å²) >= 11 is 0. The highest BCUT2D eigenvalue weighted by Gasteiger charge is 2.16. The average Bonchev–Trinajstić information content (AvgIpc) is 2.61. The molecule has 0 aliphatic heterocycles. The minimum Gasteiger partial charge on any atom is -0.207 e. The Morgan fingerprint density at radius 3 is 2.29 bits per heavy atom. The van der Waals surface area contributed by atoms with Crippen LogP contribution in [0.2, 0.25) is 0 Å². The molecule has 0 fully saturated rings. The number of pyridine rings is 2. The molecule has 5 rings (SSSR count). The maximum atomic E-state index is 2.24. The second-order valence-electron chi connectivity index (χ2n) is 6.56. The van der Waals surface area contributed by atoms with E-state index in [1.165, 1.54) is 43.2 Å². The van der Waals surface area contributed by atoms with E-state index in [4.69, 9.17) is 0 Å². The molecule has 0 unspecified atom stereocenters. The zero-order chi connectivity index (χ0) is 16.3. The smallest absolute Gasteiger partial charge is 0.207 e. The van der Waals surface area contributed by atoms with Gasteiger partial charge in [0.05, 0.1) is 5.39 Å². The van der Waals surface area contributed by atoms with Crippen molar-refractivity contribution in [2.75, 3.05) is 0 Å². The summed E-state index contributed by atoms with van der Waals surface area (Å²) in [6, 6.07) is 19.8. The molecule has 0 aliphatic rings. The third-order valence-corrected chi connectivity index (χ3v) is 5.00. The molecule has 0 spiro atoms. The predicted octanol–water partition coefficient (Wildman–Crippen LogP) is 3.95. The fourth-order valence-electron chi connectivity index (χ4n) is 3.88. The minimum absolute atomic E-state index is 1.27. The third kappa shape index (κ3) is 1.77. The van der Waals surface area contributed by atoms with Gasteiger partial charge in [-0.1, -0.05) is 24.3 Å². The normalized spacial score (nSPS) is 11.8. The first-order valence-corrected chi connectivity index (χ1v) is 8.24. The molecule has 2 heterocycles. The van der Waals surface area contributed by atoms with E-state index < -0.39 is 0 Å². The Morgan fingerprint density at radius 1 is 0.625 bits per heavy atom. The van der Waals surface area contributed by atoms with Crippen molar-refractivity contribution in [2.45, 2.75) is 0 Å². The molecule has 24 heavy (non-hydrogen) atoms. The van der Waals surface area contributed by atoms with Gasteiger partial charge < -0.3 is 0 Å². The van der Waals surface area contributed by atoms with E-state index in [0.29, 0.717) is 0 Å². The fraction of sp³-hybridized carbons (Fsp3) is 0.0909. The van der Waals surface area contributed by atoms with Crippen molar-refractivity contribution in [1.82, 2.24) is 0 Å². The van der Waals surface area contributed by atoms with Crippen LogP contribution in [-0.2, 0) is 14.1 Å². The summed E-state index contributed by atoms with van der Waals surface area (Å²) in [6.07, 6.45) is 6.56. The molecule has 0 atom stereocenters. The van der Waals surface area contributed by atoms with Gasteiger partial charge in [-0.2, -0.15) is 0 Å². The van der Waals surface area contributed by atoms with Crippen molar-refractivity contribution >= 4 is 43.2 Å². The van der Waals surface area contributed by atoms with Crippen molar-refractivity contribution < 1.29 is 9.13 Å². The SMILES string of the molecule is C[n+]1ccc2c(ccc3c[n+](C)c4ccc5ccccc5c4c32)c1. The summed E-state index contributed by atoms with van der Waals surface area (Å²) in [5, 5.41) is 9.16. The van der Waals surface area contributed by atoms with Crippen LogP contribution in [0, 0.1) is 0 Å². The summed E-state index contributed by atoms with van der Waals surface area (Å²) in [4.78, 5) is 0. The fourth-order valence-corrected chi connectivity index (χ4v) is 3.88. The zero-order valence-corrected chi connectivity index (χ0v) is 13.8. The maximum absolute atomic E-state index is 2.24. The topological polar surface area (TPSA) is 7.76 Å². The van der Waals surface area contributed by atoms with Gasteiger partial charge in [0.15, 0.2) is 18.6 Å². The molecule has 2 heteroatoms. The highest BCUT2D eigenvalue weighted by molar-refractivity contribution is 6.25. The molecule has 2 nitrogen and oxygen atoms in total. The van der Waals surface area contributed by atoms with Gasteiger partial charge >= 0.3 is 0 Å². The Kier molecular flexibility index (Phi) is 2.66. The van der Waals surface area contributed by atoms with Crippen LogP contribution >= 0.6 is 0 Å². The van der Waals surface area contributed by atoms with Crippen LogP contribution in [0.5, 0.6) is 0 Å². The highest BCUT2D eigenvalue weighted by Crippen LogP contribution is 2.34. The van der Waals surface area contributed by atoms with Gasteiger partial charge in [-0.25, -0.2) is 9.13 Å². The van der Waals surface area contributed by atoms with Gasteiger partial charge in [-0.15, -0.1) is 0 Å². The summed E-state index contributed by atoms with van der Waals surface area (Å²) in [6.45, 7) is 0. The average molecular weight is 310 g/mol. The highest BCUT2D eigenvalue weighted by atomic mass is 14.9. The van der Waals surface area contributed by atoms with Gasteiger partial charge in [0, 0.05) is 33.7 Å². The van der Waals surface area contributed by atoms with E-state index in [1.54, 1.807) is 0 Å². The molecule has 5 aromatic rings. The number of fused-ring (bicyclic) bond motifs is 7. The molecule has 0 aliphatic carbocycles. The molecule has 0 radical (unpaired) electrons. The summed E-state index contributed by atoms with van der Waals surface area (Å²) < 4.78 is 4.34. The molecule has 2 aromatic heterocycles. The largest absolute Gasteiger partial charge is 0.213 e. The number of hydrogen-bond donors (Lipinski definition) is 0. The lowest BCUT2D eigenvalue weighted by molar-refractivity contribution is -0.670. The van der Waals surface area contributed by atoms with Gasteiger partial charge in [0.2, 0.25) is 5.52 Å². The standard InChI is InChI=1S/C22H18N2/c1-23-12-11-19-16(13-23)7-8-17-14-24(2)20-10-9-15-5-3-4-6-18(15)22(20)21(17)19/h3-14H,1-2H3/q+2. The van der Waals surface area contributed by atoms with Gasteiger partial charge in [0.25, 0.3) is 0 Å². The first kappa shape index (κ1) is 13.4. The zero-order valence-electron chi connectivity index (χ0n) is 13.8. The van der Waals surface area contributed by atoms with Gasteiger partial charge in [-0.05, 0) is 29.0 Å². The number of rotatable bonds is 0. The van der Waals surface area contributed by atoms with Crippen LogP contribution < -0.4 is 9.13 Å². The number of benzene rings is 3. The van der Waals surface area contributed by atoms with Crippen molar-refractivity contribution in [1.29, 1.82) is 0 Å². The number of aryl methyl sites for hydroxylation is 2. The van der Waals surface area contributed by atoms with Crippen molar-refractivity contribution in [3.63, 3.8) is 0 Å². The molecule has 0 amide bonds. The second-order valence-corrected chi connectivity index (χ2v) is 6.56. The lowest BCUT2D eigenvalue weighted by Crippen LogP contribution is -2.28. The van der Waals surface area contributed by atoms with E-state index >= 15 is 0 Å². The van der Waals surface area contributed by atoms with E-state index in [9.17, 15) is 0 Å². The Hall–Kier alpha value is -3.00. The predicted molar refractivity (Wildman–Crippen MR) is 98.8 cm³/mol. The quantitative estimate of drug-likeness (QED) is 0.302. The third-order valence-electron chi connectivity index (χ3n) is 5.00. The van der Waals surface area contributed by atoms with E-state index in [1.807, 2.05) is 0 Å². The maximum Gasteiger partial charge on any atom is 0.213 e. The van der Waals surface area contributed by atoms with Crippen LogP contribution in [0.25, 0.3) is 43.2 Å². The molecular formula is C22H18N2+2. The van der Waals surface area contributed by atoms with Crippen molar-refractivity contribution in [3.8, 4) is 0 Å². The summed E-state index contributed by atoms with van der Waals surface area (Å²) in [7, 11) is 4.20. The summed E-state index contributed by atoms with van der Waals surface area (Å²) in [5.74, 6) is 0. The van der Waals surface area contributed by atoms with Crippen LogP contribution in [0.1, 0.15) is 0 Å². The Labute approximate surface area is 140 Å². The van der Waals surface area contributed by atoms with Crippen molar-refractivity contribution in [2.24, 2.45) is 14.1 Å². The number of hydrogen-bond acceptors (Lipinski definition) is 0. The van der Waals surface area contributed by atoms with Crippen molar-refractivity contribution in [3.05, 3.63) is 73.2 Å². The summed E-state index contributed by atoms with van der Waals surface area (Å²) in [5.41, 5.74) is 1.27. The van der Waals surface area contributed by atoms with E-state index in [0.717, 1.165) is 0 Å². The minimum atomic E-state index is 1.27. The van der Waals surface area contributed by atoms with Gasteiger partial charge in [-0.3, -0.25) is 0 Å². The van der Waals surface area contributed by atoms with Crippen LogP contribution in [0.15, 0.2) is 73.2 Å². The second kappa shape index (κ2) is 4.75. The molecule has 3 aromatic carbocycles. The molecule has 0 saturated carbocycles. The van der Waals surface area contributed by atoms with Crippen LogP contribution in [0.4, 0.5) is 0 Å². The van der Waals surface area contributed by atoms with Gasteiger partial charge in [0.1, 0.15) is 14.1 Å². The first-order chi connectivity index (χ1) is 11.7. The Balaban J connectivity index is 2.17. The van der Waals surface area contributed by atoms with Crippen LogP contribution in [-0.4, -0.2) is 0 Å².